The first-order valence-corrected chi connectivity index (χ1v) is 7.55. The summed E-state index contributed by atoms with van der Waals surface area (Å²) >= 11 is 0. The van der Waals surface area contributed by atoms with Crippen LogP contribution in [0.2, 0.25) is 0 Å². The molecule has 0 saturated carbocycles. The van der Waals surface area contributed by atoms with Crippen molar-refractivity contribution in [1.29, 1.82) is 0 Å². The number of unbranched alkanes of at least 4 members (excludes halogenated alkanes) is 2. The first kappa shape index (κ1) is 16.0. The Morgan fingerprint density at radius 1 is 0.818 bits per heavy atom. The van der Waals surface area contributed by atoms with Crippen LogP contribution in [0.3, 0.4) is 0 Å². The molecule has 0 amide bonds. The van der Waals surface area contributed by atoms with Crippen molar-refractivity contribution in [3.05, 3.63) is 70.8 Å². The lowest BCUT2D eigenvalue weighted by atomic mass is 10.0. The number of carbonyl (C=O) groups is 2. The molecule has 2 aromatic rings. The van der Waals surface area contributed by atoms with E-state index in [0.29, 0.717) is 11.1 Å². The molecule has 0 aliphatic rings. The molecule has 3 nitrogen and oxygen atoms in total. The molecule has 2 aromatic carbocycles. The van der Waals surface area contributed by atoms with Gasteiger partial charge < -0.3 is 5.11 Å². The van der Waals surface area contributed by atoms with E-state index in [1.54, 1.807) is 12.1 Å². The minimum Gasteiger partial charge on any atom is -0.478 e. The smallest absolute Gasteiger partial charge is 0.335 e. The van der Waals surface area contributed by atoms with E-state index < -0.39 is 5.97 Å². The number of rotatable bonds is 8. The number of carboxylic acid groups (broad SMARTS) is 1. The summed E-state index contributed by atoms with van der Waals surface area (Å²) in [7, 11) is 0. The largest absolute Gasteiger partial charge is 0.478 e. The van der Waals surface area contributed by atoms with Crippen molar-refractivity contribution in [2.24, 2.45) is 0 Å². The van der Waals surface area contributed by atoms with E-state index in [-0.39, 0.29) is 0 Å². The molecule has 0 unspecified atom stereocenters. The van der Waals surface area contributed by atoms with E-state index in [9.17, 15) is 9.59 Å². The molecule has 1 N–H and O–H groups in total. The van der Waals surface area contributed by atoms with Gasteiger partial charge in [0.2, 0.25) is 0 Å². The molecule has 0 bridgehead atoms. The van der Waals surface area contributed by atoms with Crippen LogP contribution in [-0.2, 0) is 12.8 Å². The fraction of sp³-hybridized carbons (Fsp3) is 0.263. The van der Waals surface area contributed by atoms with Crippen molar-refractivity contribution in [2.75, 3.05) is 0 Å². The first-order valence-electron chi connectivity index (χ1n) is 7.55. The Kier molecular flexibility index (Phi) is 5.90. The highest BCUT2D eigenvalue weighted by Gasteiger charge is 2.01. The molecule has 22 heavy (non-hydrogen) atoms. The normalized spacial score (nSPS) is 10.4. The highest BCUT2D eigenvalue weighted by atomic mass is 16.4. The molecule has 0 saturated heterocycles. The van der Waals surface area contributed by atoms with Gasteiger partial charge in [0, 0.05) is 5.56 Å². The fourth-order valence-electron chi connectivity index (χ4n) is 2.41. The summed E-state index contributed by atoms with van der Waals surface area (Å²) in [4.78, 5) is 21.3. The highest BCUT2D eigenvalue weighted by Crippen LogP contribution is 2.12. The van der Waals surface area contributed by atoms with Crippen molar-refractivity contribution < 1.29 is 14.7 Å². The van der Waals surface area contributed by atoms with Crippen LogP contribution < -0.4 is 0 Å². The molecule has 0 aromatic heterocycles. The van der Waals surface area contributed by atoms with Crippen LogP contribution in [0.5, 0.6) is 0 Å². The second kappa shape index (κ2) is 8.13. The van der Waals surface area contributed by atoms with Crippen molar-refractivity contribution >= 4 is 12.3 Å². The van der Waals surface area contributed by atoms with Gasteiger partial charge in [-0.3, -0.25) is 4.79 Å². The lowest BCUT2D eigenvalue weighted by Gasteiger charge is -2.04. The molecular weight excluding hydrogens is 276 g/mol. The molecular formula is C19H20O3. The van der Waals surface area contributed by atoms with E-state index in [0.717, 1.165) is 38.4 Å². The molecule has 0 heterocycles. The van der Waals surface area contributed by atoms with Crippen molar-refractivity contribution in [1.82, 2.24) is 0 Å². The predicted molar refractivity (Wildman–Crippen MR) is 86.5 cm³/mol. The molecule has 3 heteroatoms. The van der Waals surface area contributed by atoms with Crippen molar-refractivity contribution in [3.8, 4) is 0 Å². The third kappa shape index (κ3) is 4.85. The van der Waals surface area contributed by atoms with Crippen LogP contribution in [0.25, 0.3) is 0 Å². The molecule has 2 rings (SSSR count). The van der Waals surface area contributed by atoms with E-state index in [2.05, 4.69) is 0 Å². The minimum atomic E-state index is -0.882. The number of hydrogen-bond acceptors (Lipinski definition) is 2. The number of carboxylic acids is 1. The van der Waals surface area contributed by atoms with Crippen LogP contribution in [0.15, 0.2) is 48.5 Å². The molecule has 0 spiro atoms. The number of aldehydes is 1. The third-order valence-electron chi connectivity index (χ3n) is 3.75. The summed E-state index contributed by atoms with van der Waals surface area (Å²) in [6, 6.07) is 14.8. The third-order valence-corrected chi connectivity index (χ3v) is 3.75. The average Bonchev–Trinajstić information content (AvgIpc) is 2.55. The van der Waals surface area contributed by atoms with Gasteiger partial charge >= 0.3 is 5.97 Å². The zero-order valence-electron chi connectivity index (χ0n) is 12.5. The van der Waals surface area contributed by atoms with Gasteiger partial charge in [0.25, 0.3) is 0 Å². The topological polar surface area (TPSA) is 54.4 Å². The maximum absolute atomic E-state index is 10.8. The van der Waals surface area contributed by atoms with Gasteiger partial charge in [-0.15, -0.1) is 0 Å². The van der Waals surface area contributed by atoms with E-state index in [1.807, 2.05) is 36.4 Å². The van der Waals surface area contributed by atoms with Gasteiger partial charge in [-0.25, -0.2) is 4.79 Å². The Morgan fingerprint density at radius 2 is 1.32 bits per heavy atom. The van der Waals surface area contributed by atoms with Crippen LogP contribution in [-0.4, -0.2) is 17.4 Å². The van der Waals surface area contributed by atoms with Gasteiger partial charge in [0.1, 0.15) is 6.29 Å². The molecule has 0 aliphatic carbocycles. The van der Waals surface area contributed by atoms with Crippen LogP contribution in [0.1, 0.15) is 51.1 Å². The lowest BCUT2D eigenvalue weighted by Crippen LogP contribution is -1.96. The highest BCUT2D eigenvalue weighted by molar-refractivity contribution is 5.87. The molecule has 0 radical (unpaired) electrons. The summed E-state index contributed by atoms with van der Waals surface area (Å²) in [5, 5.41) is 8.84. The Morgan fingerprint density at radius 3 is 1.77 bits per heavy atom. The zero-order valence-corrected chi connectivity index (χ0v) is 12.5. The number of aryl methyl sites for hydroxylation is 2. The molecule has 0 aliphatic heterocycles. The van der Waals surface area contributed by atoms with Crippen molar-refractivity contribution in [3.63, 3.8) is 0 Å². The monoisotopic (exact) mass is 296 g/mol. The van der Waals surface area contributed by atoms with Gasteiger partial charge in [-0.2, -0.15) is 0 Å². The first-order chi connectivity index (χ1) is 10.7. The number of carbonyl (C=O) groups excluding carboxylic acids is 1. The number of aromatic carboxylic acids is 1. The summed E-state index contributed by atoms with van der Waals surface area (Å²) in [5.74, 6) is -0.882. The Balaban J connectivity index is 1.68. The lowest BCUT2D eigenvalue weighted by molar-refractivity contribution is 0.0696. The van der Waals surface area contributed by atoms with Gasteiger partial charge in [-0.05, 0) is 48.9 Å². The summed E-state index contributed by atoms with van der Waals surface area (Å²) in [6.45, 7) is 0. The van der Waals surface area contributed by atoms with E-state index >= 15 is 0 Å². The Bertz CT molecular complexity index is 612. The minimum absolute atomic E-state index is 0.336. The molecule has 0 fully saturated rings. The van der Waals surface area contributed by atoms with Crippen molar-refractivity contribution in [2.45, 2.75) is 32.1 Å². The van der Waals surface area contributed by atoms with Gasteiger partial charge in [-0.1, -0.05) is 42.8 Å². The quantitative estimate of drug-likeness (QED) is 0.588. The summed E-state index contributed by atoms with van der Waals surface area (Å²) < 4.78 is 0. The Hall–Kier alpha value is -2.42. The standard InChI is InChI=1S/C19H20O3/c20-14-17-8-6-15(7-9-17)4-2-1-3-5-16-10-12-18(13-11-16)19(21)22/h6-14H,1-5H2,(H,21,22). The number of hydrogen-bond donors (Lipinski definition) is 1. The van der Waals surface area contributed by atoms with Gasteiger partial charge in [0.05, 0.1) is 5.56 Å². The second-order valence-corrected chi connectivity index (χ2v) is 5.42. The van der Waals surface area contributed by atoms with Crippen LogP contribution in [0, 0.1) is 0 Å². The van der Waals surface area contributed by atoms with Crippen LogP contribution in [0.4, 0.5) is 0 Å². The van der Waals surface area contributed by atoms with E-state index in [1.165, 1.54) is 11.1 Å². The van der Waals surface area contributed by atoms with E-state index in [4.69, 9.17) is 5.11 Å². The predicted octanol–water partition coefficient (Wildman–Crippen LogP) is 4.15. The van der Waals surface area contributed by atoms with Gasteiger partial charge in [0.15, 0.2) is 0 Å². The second-order valence-electron chi connectivity index (χ2n) is 5.42. The Labute approximate surface area is 130 Å². The maximum atomic E-state index is 10.8. The summed E-state index contributed by atoms with van der Waals surface area (Å²) in [5.41, 5.74) is 3.49. The maximum Gasteiger partial charge on any atom is 0.335 e. The summed E-state index contributed by atoms with van der Waals surface area (Å²) in [6.07, 6.45) is 6.21. The SMILES string of the molecule is O=Cc1ccc(CCCCCc2ccc(C(=O)O)cc2)cc1. The van der Waals surface area contributed by atoms with Crippen LogP contribution >= 0.6 is 0 Å². The molecule has 114 valence electrons. The zero-order chi connectivity index (χ0) is 15.8. The molecule has 0 atom stereocenters. The number of benzene rings is 2. The average molecular weight is 296 g/mol. The fourth-order valence-corrected chi connectivity index (χ4v) is 2.41.